The van der Waals surface area contributed by atoms with Crippen molar-refractivity contribution >= 4 is 35.0 Å². The minimum absolute atomic E-state index is 0.0185. The van der Waals surface area contributed by atoms with Gasteiger partial charge in [-0.15, -0.1) is 11.3 Å². The largest absolute Gasteiger partial charge is 0.356 e. The van der Waals surface area contributed by atoms with Crippen LogP contribution >= 0.6 is 23.1 Å². The number of amides is 1. The molecule has 2 unspecified atom stereocenters. The third kappa shape index (κ3) is 7.28. The highest BCUT2D eigenvalue weighted by Gasteiger charge is 2.22. The molecular formula is C18H30N4OS2. The molecule has 1 aliphatic carbocycles. The van der Waals surface area contributed by atoms with Crippen LogP contribution in [-0.2, 0) is 11.2 Å². The fraction of sp³-hybridized carbons (Fsp3) is 0.667. The van der Waals surface area contributed by atoms with Crippen molar-refractivity contribution in [2.45, 2.75) is 43.4 Å². The summed E-state index contributed by atoms with van der Waals surface area (Å²) in [6.07, 6.45) is 8.05. The minimum atomic E-state index is 0.0185. The minimum Gasteiger partial charge on any atom is -0.356 e. The van der Waals surface area contributed by atoms with Gasteiger partial charge in [0.25, 0.3) is 0 Å². The average molecular weight is 383 g/mol. The number of nitrogens with zero attached hydrogens (tertiary/aromatic N) is 2. The number of hydrogen-bond acceptors (Lipinski definition) is 4. The number of aliphatic imine (C=N–C) groups is 1. The molecule has 0 saturated heterocycles. The second-order valence-corrected chi connectivity index (χ2v) is 8.75. The highest BCUT2D eigenvalue weighted by atomic mass is 32.2. The number of carbonyl (C=O) groups excluding carboxylic acids is 1. The number of thioether (sulfide) groups is 1. The van der Waals surface area contributed by atoms with Crippen LogP contribution in [0, 0.1) is 0 Å². The predicted molar refractivity (Wildman–Crippen MR) is 110 cm³/mol. The van der Waals surface area contributed by atoms with Gasteiger partial charge in [0.2, 0.25) is 5.91 Å². The maximum absolute atomic E-state index is 11.9. The fourth-order valence-corrected chi connectivity index (χ4v) is 4.42. The Bertz CT molecular complexity index is 545. The summed E-state index contributed by atoms with van der Waals surface area (Å²) in [6.45, 7) is 1.00. The second-order valence-electron chi connectivity index (χ2n) is 6.57. The maximum atomic E-state index is 11.9. The molecule has 7 heteroatoms. The lowest BCUT2D eigenvalue weighted by atomic mass is 9.95. The van der Waals surface area contributed by atoms with E-state index in [-0.39, 0.29) is 12.5 Å². The Labute approximate surface area is 159 Å². The zero-order chi connectivity index (χ0) is 18.1. The van der Waals surface area contributed by atoms with Gasteiger partial charge < -0.3 is 15.5 Å². The fourth-order valence-electron chi connectivity index (χ4n) is 2.88. The van der Waals surface area contributed by atoms with E-state index in [1.165, 1.54) is 24.1 Å². The number of hydrogen-bond donors (Lipinski definition) is 2. The Morgan fingerprint density at radius 3 is 2.96 bits per heavy atom. The highest BCUT2D eigenvalue weighted by Crippen LogP contribution is 2.26. The molecule has 5 nitrogen and oxygen atoms in total. The Morgan fingerprint density at radius 2 is 2.28 bits per heavy atom. The van der Waals surface area contributed by atoms with Gasteiger partial charge in [-0.1, -0.05) is 12.5 Å². The van der Waals surface area contributed by atoms with E-state index in [1.54, 1.807) is 30.3 Å². The quantitative estimate of drug-likeness (QED) is 0.562. The molecule has 2 N–H and O–H groups in total. The Balaban J connectivity index is 1.90. The van der Waals surface area contributed by atoms with Gasteiger partial charge >= 0.3 is 0 Å². The lowest BCUT2D eigenvalue weighted by Gasteiger charge is -2.30. The molecule has 1 amide bonds. The number of nitrogens with one attached hydrogen (secondary N) is 2. The van der Waals surface area contributed by atoms with Crippen molar-refractivity contribution in [3.63, 3.8) is 0 Å². The molecule has 1 aromatic heterocycles. The molecule has 1 saturated carbocycles. The van der Waals surface area contributed by atoms with E-state index in [2.05, 4.69) is 39.4 Å². The molecule has 1 aliphatic rings. The van der Waals surface area contributed by atoms with Gasteiger partial charge in [-0.2, -0.15) is 11.8 Å². The van der Waals surface area contributed by atoms with Gasteiger partial charge in [0.05, 0.1) is 0 Å². The van der Waals surface area contributed by atoms with Crippen molar-refractivity contribution in [3.05, 3.63) is 22.4 Å². The third-order valence-electron chi connectivity index (χ3n) is 4.42. The summed E-state index contributed by atoms with van der Waals surface area (Å²) in [7, 11) is 3.53. The first-order chi connectivity index (χ1) is 12.1. The van der Waals surface area contributed by atoms with Gasteiger partial charge in [-0.05, 0) is 43.4 Å². The lowest BCUT2D eigenvalue weighted by molar-refractivity contribution is -0.127. The maximum Gasteiger partial charge on any atom is 0.243 e. The van der Waals surface area contributed by atoms with Crippen LogP contribution in [0.15, 0.2) is 22.5 Å². The molecule has 0 spiro atoms. The van der Waals surface area contributed by atoms with Crippen molar-refractivity contribution in [2.24, 2.45) is 4.99 Å². The normalized spacial score (nSPS) is 21.0. The molecule has 2 rings (SSSR count). The molecule has 2 atom stereocenters. The van der Waals surface area contributed by atoms with Crippen LogP contribution in [0.3, 0.4) is 0 Å². The van der Waals surface area contributed by atoms with Crippen molar-refractivity contribution in [1.82, 2.24) is 15.5 Å². The molecule has 140 valence electrons. The van der Waals surface area contributed by atoms with Crippen LogP contribution in [0.25, 0.3) is 0 Å². The summed E-state index contributed by atoms with van der Waals surface area (Å²) in [4.78, 5) is 19.3. The summed E-state index contributed by atoms with van der Waals surface area (Å²) in [5, 5.41) is 9.78. The van der Waals surface area contributed by atoms with Crippen LogP contribution in [0.5, 0.6) is 0 Å². The Hall–Kier alpha value is -1.21. The van der Waals surface area contributed by atoms with Gasteiger partial charge in [0.1, 0.15) is 6.54 Å². The first-order valence-electron chi connectivity index (χ1n) is 8.88. The zero-order valence-electron chi connectivity index (χ0n) is 15.5. The number of carbonyl (C=O) groups is 1. The lowest BCUT2D eigenvalue weighted by Crippen LogP contribution is -2.46. The molecule has 0 bridgehead atoms. The molecule has 1 fully saturated rings. The van der Waals surface area contributed by atoms with E-state index in [4.69, 9.17) is 0 Å². The smallest absolute Gasteiger partial charge is 0.243 e. The summed E-state index contributed by atoms with van der Waals surface area (Å²) in [5.74, 6) is 0.781. The molecule has 25 heavy (non-hydrogen) atoms. The number of thiophene rings is 1. The van der Waals surface area contributed by atoms with Crippen molar-refractivity contribution in [2.75, 3.05) is 33.4 Å². The second kappa shape index (κ2) is 10.7. The van der Waals surface area contributed by atoms with E-state index in [1.807, 2.05) is 11.8 Å². The Kier molecular flexibility index (Phi) is 8.61. The molecule has 0 radical (unpaired) electrons. The molecular weight excluding hydrogens is 352 g/mol. The monoisotopic (exact) mass is 382 g/mol. The third-order valence-corrected chi connectivity index (χ3v) is 6.45. The van der Waals surface area contributed by atoms with Gasteiger partial charge in [-0.25, -0.2) is 4.99 Å². The molecule has 0 aromatic carbocycles. The van der Waals surface area contributed by atoms with E-state index in [0.29, 0.717) is 6.04 Å². The van der Waals surface area contributed by atoms with Crippen LogP contribution < -0.4 is 10.6 Å². The van der Waals surface area contributed by atoms with Crippen molar-refractivity contribution in [3.8, 4) is 0 Å². The number of guanidine groups is 1. The number of likely N-dealkylation sites (N-methyl/N-ethyl adjacent to an activating group) is 1. The van der Waals surface area contributed by atoms with Gasteiger partial charge in [0, 0.05) is 36.8 Å². The summed E-state index contributed by atoms with van der Waals surface area (Å²) in [5.41, 5.74) is 0. The topological polar surface area (TPSA) is 56.7 Å². The molecule has 1 heterocycles. The number of rotatable bonds is 7. The van der Waals surface area contributed by atoms with Crippen LogP contribution in [0.2, 0.25) is 0 Å². The molecule has 1 aromatic rings. The predicted octanol–water partition coefficient (Wildman–Crippen LogP) is 2.59. The highest BCUT2D eigenvalue weighted by molar-refractivity contribution is 7.99. The summed E-state index contributed by atoms with van der Waals surface area (Å²) in [6, 6.07) is 4.66. The van der Waals surface area contributed by atoms with Gasteiger partial charge in [0.15, 0.2) is 5.96 Å². The van der Waals surface area contributed by atoms with E-state index >= 15 is 0 Å². The van der Waals surface area contributed by atoms with Crippen LogP contribution in [0.1, 0.15) is 30.6 Å². The first kappa shape index (κ1) is 20.1. The summed E-state index contributed by atoms with van der Waals surface area (Å²) >= 11 is 3.73. The summed E-state index contributed by atoms with van der Waals surface area (Å²) < 4.78 is 0. The first-order valence-corrected chi connectivity index (χ1v) is 11.1. The Morgan fingerprint density at radius 1 is 1.44 bits per heavy atom. The van der Waals surface area contributed by atoms with Crippen molar-refractivity contribution in [1.29, 1.82) is 0 Å². The average Bonchev–Trinajstić information content (AvgIpc) is 3.12. The van der Waals surface area contributed by atoms with Crippen molar-refractivity contribution < 1.29 is 4.79 Å². The van der Waals surface area contributed by atoms with E-state index in [0.717, 1.165) is 30.6 Å². The zero-order valence-corrected chi connectivity index (χ0v) is 17.1. The standard InChI is InChI=1S/C18H30N4OS2/c1-22(2)17(23)13-20-18(19-10-9-15-8-5-11-25-15)21-14-6-4-7-16(12-14)24-3/h5,8,11,14,16H,4,6-7,9-10,12-13H2,1-3H3,(H2,19,20,21). The van der Waals surface area contributed by atoms with Gasteiger partial charge in [-0.3, -0.25) is 4.79 Å². The van der Waals surface area contributed by atoms with E-state index in [9.17, 15) is 4.79 Å². The van der Waals surface area contributed by atoms with E-state index < -0.39 is 0 Å². The van der Waals surface area contributed by atoms with Crippen LogP contribution in [0.4, 0.5) is 0 Å². The molecule has 0 aliphatic heterocycles. The van der Waals surface area contributed by atoms with Crippen LogP contribution in [-0.4, -0.2) is 61.5 Å². The SMILES string of the molecule is CSC1CCCC(NC(=NCC(=O)N(C)C)NCCc2cccs2)C1.